The molecule has 0 radical (unpaired) electrons. The number of aryl methyl sites for hydroxylation is 2. The number of anilines is 3. The van der Waals surface area contributed by atoms with Crippen LogP contribution in [0.5, 0.6) is 0 Å². The minimum Gasteiger partial charge on any atom is -0.378 e. The fourth-order valence-corrected chi connectivity index (χ4v) is 3.66. The number of fused-ring (bicyclic) bond motifs is 1. The Morgan fingerprint density at radius 2 is 1.74 bits per heavy atom. The SMILES string of the molecule is Cc1nnc(Nc2ncnc3ccc(-c4cccc(N5CCOCC5)c4)cc23)nc1C. The lowest BCUT2D eigenvalue weighted by molar-refractivity contribution is 0.122. The topological polar surface area (TPSA) is 89.0 Å². The van der Waals surface area contributed by atoms with Crippen molar-refractivity contribution >= 4 is 28.4 Å². The Morgan fingerprint density at radius 1 is 0.903 bits per heavy atom. The largest absolute Gasteiger partial charge is 0.378 e. The van der Waals surface area contributed by atoms with Crippen LogP contribution in [0.3, 0.4) is 0 Å². The van der Waals surface area contributed by atoms with Gasteiger partial charge in [0.2, 0.25) is 5.95 Å². The van der Waals surface area contributed by atoms with Gasteiger partial charge in [0.1, 0.15) is 12.1 Å². The number of benzene rings is 2. The molecule has 0 aliphatic carbocycles. The van der Waals surface area contributed by atoms with E-state index in [0.717, 1.165) is 59.7 Å². The average molecular weight is 413 g/mol. The van der Waals surface area contributed by atoms with Crippen molar-refractivity contribution in [2.45, 2.75) is 13.8 Å². The van der Waals surface area contributed by atoms with Crippen molar-refractivity contribution in [1.82, 2.24) is 25.1 Å². The van der Waals surface area contributed by atoms with E-state index in [0.29, 0.717) is 11.8 Å². The molecule has 31 heavy (non-hydrogen) atoms. The molecule has 1 aliphatic rings. The number of hydrogen-bond donors (Lipinski definition) is 1. The van der Waals surface area contributed by atoms with Gasteiger partial charge in [-0.05, 0) is 49.2 Å². The molecular formula is C23H23N7O. The maximum absolute atomic E-state index is 5.48. The second kappa shape index (κ2) is 8.23. The van der Waals surface area contributed by atoms with Gasteiger partial charge in [-0.1, -0.05) is 18.2 Å². The number of morpholine rings is 1. The Labute approximate surface area is 180 Å². The molecule has 1 N–H and O–H groups in total. The summed E-state index contributed by atoms with van der Waals surface area (Å²) in [5.74, 6) is 1.07. The van der Waals surface area contributed by atoms with Gasteiger partial charge >= 0.3 is 0 Å². The minimum absolute atomic E-state index is 0.419. The smallest absolute Gasteiger partial charge is 0.248 e. The average Bonchev–Trinajstić information content (AvgIpc) is 2.82. The fraction of sp³-hybridized carbons (Fsp3) is 0.261. The van der Waals surface area contributed by atoms with Crippen molar-refractivity contribution in [3.8, 4) is 11.1 Å². The molecule has 5 rings (SSSR count). The maximum Gasteiger partial charge on any atom is 0.248 e. The molecule has 0 saturated carbocycles. The monoisotopic (exact) mass is 413 g/mol. The first-order valence-corrected chi connectivity index (χ1v) is 10.3. The fourth-order valence-electron chi connectivity index (χ4n) is 3.66. The molecule has 1 aliphatic heterocycles. The maximum atomic E-state index is 5.48. The molecule has 4 aromatic rings. The summed E-state index contributed by atoms with van der Waals surface area (Å²) in [6.45, 7) is 7.15. The van der Waals surface area contributed by atoms with Gasteiger partial charge < -0.3 is 15.0 Å². The highest BCUT2D eigenvalue weighted by Crippen LogP contribution is 2.30. The molecule has 0 bridgehead atoms. The third-order valence-corrected chi connectivity index (χ3v) is 5.51. The van der Waals surface area contributed by atoms with Crippen LogP contribution >= 0.6 is 0 Å². The van der Waals surface area contributed by atoms with Crippen LogP contribution in [0.15, 0.2) is 48.8 Å². The summed E-state index contributed by atoms with van der Waals surface area (Å²) in [7, 11) is 0. The third-order valence-electron chi connectivity index (χ3n) is 5.51. The van der Waals surface area contributed by atoms with E-state index in [9.17, 15) is 0 Å². The van der Waals surface area contributed by atoms with Crippen LogP contribution in [0.25, 0.3) is 22.0 Å². The molecule has 156 valence electrons. The molecule has 8 nitrogen and oxygen atoms in total. The summed E-state index contributed by atoms with van der Waals surface area (Å²) < 4.78 is 5.48. The molecule has 2 aromatic carbocycles. The first kappa shape index (κ1) is 19.3. The standard InChI is InChI=1S/C23H23N7O/c1-15-16(2)28-29-23(26-15)27-22-20-13-18(6-7-21(20)24-14-25-22)17-4-3-5-19(12-17)30-8-10-31-11-9-30/h3-7,12-14H,8-11H2,1-2H3,(H,24,25,26,27,29). The molecule has 8 heteroatoms. The van der Waals surface area contributed by atoms with Gasteiger partial charge in [0.15, 0.2) is 0 Å². The van der Waals surface area contributed by atoms with E-state index < -0.39 is 0 Å². The molecule has 0 spiro atoms. The molecule has 1 saturated heterocycles. The number of nitrogens with zero attached hydrogens (tertiary/aromatic N) is 6. The minimum atomic E-state index is 0.419. The Kier molecular flexibility index (Phi) is 5.13. The van der Waals surface area contributed by atoms with E-state index in [1.54, 1.807) is 0 Å². The summed E-state index contributed by atoms with van der Waals surface area (Å²) in [6, 6.07) is 14.8. The van der Waals surface area contributed by atoms with Crippen LogP contribution in [0, 0.1) is 13.8 Å². The quantitative estimate of drug-likeness (QED) is 0.542. The van der Waals surface area contributed by atoms with Gasteiger partial charge in [-0.3, -0.25) is 0 Å². The molecule has 0 unspecified atom stereocenters. The predicted octanol–water partition coefficient (Wildman–Crippen LogP) is 3.68. The Hall–Kier alpha value is -3.65. The first-order chi connectivity index (χ1) is 15.2. The lowest BCUT2D eigenvalue weighted by Gasteiger charge is -2.29. The molecular weight excluding hydrogens is 390 g/mol. The van der Waals surface area contributed by atoms with Crippen molar-refractivity contribution in [3.63, 3.8) is 0 Å². The van der Waals surface area contributed by atoms with E-state index >= 15 is 0 Å². The number of rotatable bonds is 4. The summed E-state index contributed by atoms with van der Waals surface area (Å²) >= 11 is 0. The van der Waals surface area contributed by atoms with E-state index in [4.69, 9.17) is 4.74 Å². The normalized spacial score (nSPS) is 14.1. The predicted molar refractivity (Wildman–Crippen MR) is 121 cm³/mol. The van der Waals surface area contributed by atoms with Crippen molar-refractivity contribution in [3.05, 3.63) is 60.2 Å². The van der Waals surface area contributed by atoms with Crippen LogP contribution in [0.2, 0.25) is 0 Å². The van der Waals surface area contributed by atoms with Gasteiger partial charge in [-0.2, -0.15) is 5.10 Å². The third kappa shape index (κ3) is 4.02. The number of nitrogens with one attached hydrogen (secondary N) is 1. The summed E-state index contributed by atoms with van der Waals surface area (Å²) in [6.07, 6.45) is 1.54. The second-order valence-electron chi connectivity index (χ2n) is 7.54. The zero-order valence-corrected chi connectivity index (χ0v) is 17.5. The Bertz CT molecular complexity index is 1240. The molecule has 0 atom stereocenters. The molecule has 3 heterocycles. The lowest BCUT2D eigenvalue weighted by atomic mass is 10.0. The second-order valence-corrected chi connectivity index (χ2v) is 7.54. The van der Waals surface area contributed by atoms with Crippen LogP contribution < -0.4 is 10.2 Å². The van der Waals surface area contributed by atoms with Crippen molar-refractivity contribution in [2.75, 3.05) is 36.5 Å². The highest BCUT2D eigenvalue weighted by atomic mass is 16.5. The van der Waals surface area contributed by atoms with Crippen molar-refractivity contribution < 1.29 is 4.74 Å². The summed E-state index contributed by atoms with van der Waals surface area (Å²) in [4.78, 5) is 15.7. The number of aromatic nitrogens is 5. The van der Waals surface area contributed by atoms with Crippen molar-refractivity contribution in [2.24, 2.45) is 0 Å². The van der Waals surface area contributed by atoms with E-state index in [1.807, 2.05) is 19.9 Å². The van der Waals surface area contributed by atoms with Crippen molar-refractivity contribution in [1.29, 1.82) is 0 Å². The van der Waals surface area contributed by atoms with Crippen LogP contribution in [-0.2, 0) is 4.74 Å². The van der Waals surface area contributed by atoms with E-state index in [2.05, 4.69) is 71.8 Å². The van der Waals surface area contributed by atoms with E-state index in [-0.39, 0.29) is 0 Å². The zero-order valence-electron chi connectivity index (χ0n) is 17.5. The lowest BCUT2D eigenvalue weighted by Crippen LogP contribution is -2.36. The van der Waals surface area contributed by atoms with Crippen LogP contribution in [-0.4, -0.2) is 51.5 Å². The number of hydrogen-bond acceptors (Lipinski definition) is 8. The van der Waals surface area contributed by atoms with Crippen LogP contribution in [0.1, 0.15) is 11.4 Å². The highest BCUT2D eigenvalue weighted by molar-refractivity contribution is 5.93. The Balaban J connectivity index is 1.51. The molecule has 0 amide bonds. The highest BCUT2D eigenvalue weighted by Gasteiger charge is 2.13. The zero-order chi connectivity index (χ0) is 21.2. The number of ether oxygens (including phenoxy) is 1. The van der Waals surface area contributed by atoms with Gasteiger partial charge in [-0.25, -0.2) is 15.0 Å². The molecule has 1 fully saturated rings. The van der Waals surface area contributed by atoms with Gasteiger partial charge in [0.25, 0.3) is 0 Å². The van der Waals surface area contributed by atoms with Gasteiger partial charge in [0.05, 0.1) is 30.1 Å². The van der Waals surface area contributed by atoms with E-state index in [1.165, 1.54) is 12.0 Å². The van der Waals surface area contributed by atoms with Crippen LogP contribution in [0.4, 0.5) is 17.5 Å². The summed E-state index contributed by atoms with van der Waals surface area (Å²) in [5, 5.41) is 12.4. The van der Waals surface area contributed by atoms with Gasteiger partial charge in [-0.15, -0.1) is 5.10 Å². The van der Waals surface area contributed by atoms with Gasteiger partial charge in [0, 0.05) is 24.2 Å². The Morgan fingerprint density at radius 3 is 2.58 bits per heavy atom. The molecule has 2 aromatic heterocycles. The summed E-state index contributed by atoms with van der Waals surface area (Å²) in [5.41, 5.74) is 5.93. The first-order valence-electron chi connectivity index (χ1n) is 10.3.